The minimum atomic E-state index is -0.544. The standard InChI is InChI=1S/C19H16ClFN2O3/c20-12-7-8-17-16(10-12)23(19(25)26-17)13-4-3-9-22(11-13)18(24)14-5-1-2-6-15(14)21/h1-2,5-8,10,13H,3-4,9,11H2. The van der Waals surface area contributed by atoms with Crippen molar-refractivity contribution in [3.8, 4) is 0 Å². The van der Waals surface area contributed by atoms with Gasteiger partial charge >= 0.3 is 5.76 Å². The summed E-state index contributed by atoms with van der Waals surface area (Å²) in [6, 6.07) is 10.7. The maximum Gasteiger partial charge on any atom is 0.420 e. The van der Waals surface area contributed by atoms with E-state index in [0.717, 1.165) is 6.42 Å². The highest BCUT2D eigenvalue weighted by Gasteiger charge is 2.29. The molecule has 2 aromatic carbocycles. The van der Waals surface area contributed by atoms with Gasteiger partial charge in [0.15, 0.2) is 5.58 Å². The lowest BCUT2D eigenvalue weighted by Gasteiger charge is -2.33. The molecular formula is C19H16ClFN2O3. The second-order valence-electron chi connectivity index (χ2n) is 6.38. The number of hydrogen-bond acceptors (Lipinski definition) is 3. The number of carbonyl (C=O) groups excluding carboxylic acids is 1. The van der Waals surface area contributed by atoms with Crippen molar-refractivity contribution >= 4 is 28.6 Å². The van der Waals surface area contributed by atoms with Crippen LogP contribution in [-0.2, 0) is 0 Å². The van der Waals surface area contributed by atoms with E-state index in [9.17, 15) is 14.0 Å². The van der Waals surface area contributed by atoms with Crippen LogP contribution < -0.4 is 5.76 Å². The Kier molecular flexibility index (Phi) is 4.28. The summed E-state index contributed by atoms with van der Waals surface area (Å²) in [5.74, 6) is -1.39. The molecule has 7 heteroatoms. The van der Waals surface area contributed by atoms with Crippen LogP contribution >= 0.6 is 11.6 Å². The van der Waals surface area contributed by atoms with Gasteiger partial charge in [-0.3, -0.25) is 9.36 Å². The van der Waals surface area contributed by atoms with Gasteiger partial charge in [-0.25, -0.2) is 9.18 Å². The van der Waals surface area contributed by atoms with Crippen LogP contribution in [0.2, 0.25) is 5.02 Å². The first kappa shape index (κ1) is 16.8. The summed E-state index contributed by atoms with van der Waals surface area (Å²) in [6.45, 7) is 0.836. The van der Waals surface area contributed by atoms with Crippen molar-refractivity contribution in [2.45, 2.75) is 18.9 Å². The first-order chi connectivity index (χ1) is 12.5. The molecule has 1 aliphatic rings. The van der Waals surface area contributed by atoms with Crippen molar-refractivity contribution in [1.82, 2.24) is 9.47 Å². The third-order valence-electron chi connectivity index (χ3n) is 4.73. The van der Waals surface area contributed by atoms with E-state index in [0.29, 0.717) is 35.6 Å². The number of hydrogen-bond donors (Lipinski definition) is 0. The second kappa shape index (κ2) is 6.61. The smallest absolute Gasteiger partial charge is 0.408 e. The second-order valence-corrected chi connectivity index (χ2v) is 6.81. The molecule has 134 valence electrons. The van der Waals surface area contributed by atoms with Gasteiger partial charge in [-0.05, 0) is 43.2 Å². The highest BCUT2D eigenvalue weighted by Crippen LogP contribution is 2.27. The van der Waals surface area contributed by atoms with E-state index in [-0.39, 0.29) is 17.5 Å². The fourth-order valence-corrected chi connectivity index (χ4v) is 3.67. The van der Waals surface area contributed by atoms with E-state index < -0.39 is 11.6 Å². The molecule has 1 unspecified atom stereocenters. The first-order valence-electron chi connectivity index (χ1n) is 8.39. The molecule has 26 heavy (non-hydrogen) atoms. The van der Waals surface area contributed by atoms with Crippen LogP contribution in [0.5, 0.6) is 0 Å². The minimum Gasteiger partial charge on any atom is -0.408 e. The highest BCUT2D eigenvalue weighted by atomic mass is 35.5. The van der Waals surface area contributed by atoms with Gasteiger partial charge in [-0.2, -0.15) is 0 Å². The van der Waals surface area contributed by atoms with Gasteiger partial charge in [0, 0.05) is 18.1 Å². The number of amides is 1. The Balaban J connectivity index is 1.67. The molecule has 5 nitrogen and oxygen atoms in total. The Hall–Kier alpha value is -2.60. The predicted molar refractivity (Wildman–Crippen MR) is 96.1 cm³/mol. The fourth-order valence-electron chi connectivity index (χ4n) is 3.51. The number of piperidine rings is 1. The lowest BCUT2D eigenvalue weighted by Crippen LogP contribution is -2.42. The average molecular weight is 375 g/mol. The molecule has 4 rings (SSSR count). The Morgan fingerprint density at radius 3 is 2.85 bits per heavy atom. The maximum atomic E-state index is 13.9. The van der Waals surface area contributed by atoms with Crippen LogP contribution in [0, 0.1) is 5.82 Å². The van der Waals surface area contributed by atoms with Crippen LogP contribution in [0.25, 0.3) is 11.1 Å². The van der Waals surface area contributed by atoms with E-state index in [1.54, 1.807) is 39.8 Å². The number of oxazole rings is 1. The van der Waals surface area contributed by atoms with Crippen molar-refractivity contribution in [2.75, 3.05) is 13.1 Å². The van der Waals surface area contributed by atoms with Crippen molar-refractivity contribution in [3.05, 3.63) is 69.4 Å². The molecule has 0 spiro atoms. The van der Waals surface area contributed by atoms with Crippen molar-refractivity contribution in [3.63, 3.8) is 0 Å². The maximum absolute atomic E-state index is 13.9. The normalized spacial score (nSPS) is 17.6. The molecule has 1 aliphatic heterocycles. The Labute approximate surface area is 153 Å². The van der Waals surface area contributed by atoms with Gasteiger partial charge in [-0.15, -0.1) is 0 Å². The molecule has 2 heterocycles. The van der Waals surface area contributed by atoms with Crippen molar-refractivity contribution < 1.29 is 13.6 Å². The average Bonchev–Trinajstić information content (AvgIpc) is 2.96. The zero-order valence-electron chi connectivity index (χ0n) is 13.8. The number of benzene rings is 2. The molecule has 1 aromatic heterocycles. The molecule has 0 radical (unpaired) electrons. The molecule has 1 fully saturated rings. The predicted octanol–water partition coefficient (Wildman–Crippen LogP) is 3.86. The topological polar surface area (TPSA) is 55.5 Å². The zero-order valence-corrected chi connectivity index (χ0v) is 14.6. The SMILES string of the molecule is O=C(c1ccccc1F)N1CCCC(n2c(=O)oc3ccc(Cl)cc32)C1. The van der Waals surface area contributed by atoms with Crippen LogP contribution in [0.3, 0.4) is 0 Å². The Morgan fingerprint density at radius 2 is 2.04 bits per heavy atom. The molecule has 1 atom stereocenters. The molecule has 0 bridgehead atoms. The van der Waals surface area contributed by atoms with E-state index >= 15 is 0 Å². The van der Waals surface area contributed by atoms with Gasteiger partial charge < -0.3 is 9.32 Å². The Morgan fingerprint density at radius 1 is 1.23 bits per heavy atom. The number of fused-ring (bicyclic) bond motifs is 1. The van der Waals surface area contributed by atoms with Gasteiger partial charge in [-0.1, -0.05) is 23.7 Å². The van der Waals surface area contributed by atoms with Gasteiger partial charge in [0.1, 0.15) is 5.82 Å². The monoisotopic (exact) mass is 374 g/mol. The van der Waals surface area contributed by atoms with E-state index in [2.05, 4.69) is 0 Å². The van der Waals surface area contributed by atoms with Crippen LogP contribution in [0.15, 0.2) is 51.7 Å². The zero-order chi connectivity index (χ0) is 18.3. The van der Waals surface area contributed by atoms with E-state index in [1.165, 1.54) is 12.1 Å². The first-order valence-corrected chi connectivity index (χ1v) is 8.77. The third-order valence-corrected chi connectivity index (χ3v) is 4.96. The number of rotatable bonds is 2. The van der Waals surface area contributed by atoms with Crippen molar-refractivity contribution in [1.29, 1.82) is 0 Å². The van der Waals surface area contributed by atoms with Gasteiger partial charge in [0.25, 0.3) is 5.91 Å². The molecule has 1 saturated heterocycles. The number of likely N-dealkylation sites (tertiary alicyclic amines) is 1. The van der Waals surface area contributed by atoms with E-state index in [1.807, 2.05) is 0 Å². The quantitative estimate of drug-likeness (QED) is 0.684. The van der Waals surface area contributed by atoms with Crippen LogP contribution in [0.4, 0.5) is 4.39 Å². The summed E-state index contributed by atoms with van der Waals surface area (Å²) in [5, 5.41) is 0.502. The number of nitrogens with zero attached hydrogens (tertiary/aromatic N) is 2. The highest BCUT2D eigenvalue weighted by molar-refractivity contribution is 6.31. The largest absolute Gasteiger partial charge is 0.420 e. The number of halogens is 2. The van der Waals surface area contributed by atoms with Crippen LogP contribution in [-0.4, -0.2) is 28.5 Å². The van der Waals surface area contributed by atoms with Crippen LogP contribution in [0.1, 0.15) is 29.2 Å². The Bertz CT molecular complexity index is 1040. The summed E-state index contributed by atoms with van der Waals surface area (Å²) in [6.07, 6.45) is 1.44. The summed E-state index contributed by atoms with van der Waals surface area (Å²) in [5.41, 5.74) is 1.10. The van der Waals surface area contributed by atoms with E-state index in [4.69, 9.17) is 16.0 Å². The molecular weight excluding hydrogens is 359 g/mol. The fraction of sp³-hybridized carbons (Fsp3) is 0.263. The molecule has 0 saturated carbocycles. The third kappa shape index (κ3) is 2.90. The molecule has 0 aliphatic carbocycles. The van der Waals surface area contributed by atoms with Crippen molar-refractivity contribution in [2.24, 2.45) is 0 Å². The summed E-state index contributed by atoms with van der Waals surface area (Å²) in [7, 11) is 0. The minimum absolute atomic E-state index is 0.0422. The summed E-state index contributed by atoms with van der Waals surface area (Å²) in [4.78, 5) is 26.6. The summed E-state index contributed by atoms with van der Waals surface area (Å²) >= 11 is 6.05. The van der Waals surface area contributed by atoms with Gasteiger partial charge in [0.05, 0.1) is 17.1 Å². The molecule has 0 N–H and O–H groups in total. The summed E-state index contributed by atoms with van der Waals surface area (Å²) < 4.78 is 20.8. The lowest BCUT2D eigenvalue weighted by molar-refractivity contribution is 0.0673. The lowest BCUT2D eigenvalue weighted by atomic mass is 10.0. The number of aromatic nitrogens is 1. The molecule has 1 amide bonds. The number of carbonyl (C=O) groups is 1. The van der Waals surface area contributed by atoms with Gasteiger partial charge in [0.2, 0.25) is 0 Å². The molecule has 3 aromatic rings.